The number of nitrogens with zero attached hydrogens (tertiary/aromatic N) is 1. The van der Waals surface area contributed by atoms with E-state index < -0.39 is 0 Å². The molecular formula is C23H33IN4O2. The first-order valence-corrected chi connectivity index (χ1v) is 9.96. The second kappa shape index (κ2) is 13.8. The van der Waals surface area contributed by atoms with Crippen LogP contribution < -0.4 is 20.7 Å². The predicted molar refractivity (Wildman–Crippen MR) is 135 cm³/mol. The highest BCUT2D eigenvalue weighted by atomic mass is 127. The quantitative estimate of drug-likeness (QED) is 0.262. The van der Waals surface area contributed by atoms with Crippen LogP contribution in [-0.4, -0.2) is 39.1 Å². The summed E-state index contributed by atoms with van der Waals surface area (Å²) in [5.74, 6) is 2.08. The Morgan fingerprint density at radius 1 is 1.03 bits per heavy atom. The molecule has 30 heavy (non-hydrogen) atoms. The molecule has 1 unspecified atom stereocenters. The Balaban J connectivity index is 0.00000450. The minimum atomic E-state index is -0.0596. The molecule has 2 rings (SSSR count). The zero-order valence-corrected chi connectivity index (χ0v) is 20.5. The van der Waals surface area contributed by atoms with E-state index in [0.717, 1.165) is 43.3 Å². The SMILES string of the molecule is CN=C(NCCc1ccc(NC(C)=O)cc1)NCCC(C)c1ccc(OC)cc1.I. The molecule has 0 aliphatic rings. The van der Waals surface area contributed by atoms with Gasteiger partial charge < -0.3 is 20.7 Å². The molecule has 2 aromatic rings. The van der Waals surface area contributed by atoms with Crippen LogP contribution in [0.5, 0.6) is 5.75 Å². The fourth-order valence-corrected chi connectivity index (χ4v) is 3.01. The summed E-state index contributed by atoms with van der Waals surface area (Å²) in [7, 11) is 3.46. The predicted octanol–water partition coefficient (Wildman–Crippen LogP) is 4.17. The molecule has 1 atom stereocenters. The maximum atomic E-state index is 11.1. The van der Waals surface area contributed by atoms with Crippen molar-refractivity contribution in [3.63, 3.8) is 0 Å². The van der Waals surface area contributed by atoms with Gasteiger partial charge in [-0.1, -0.05) is 31.2 Å². The third kappa shape index (κ3) is 9.02. The summed E-state index contributed by atoms with van der Waals surface area (Å²) in [5.41, 5.74) is 3.33. The molecule has 0 fully saturated rings. The summed E-state index contributed by atoms with van der Waals surface area (Å²) >= 11 is 0. The molecule has 0 aliphatic carbocycles. The highest BCUT2D eigenvalue weighted by Gasteiger charge is 2.06. The number of ether oxygens (including phenoxy) is 1. The molecule has 0 spiro atoms. The van der Waals surface area contributed by atoms with Gasteiger partial charge in [-0.25, -0.2) is 0 Å². The van der Waals surface area contributed by atoms with E-state index in [4.69, 9.17) is 4.74 Å². The second-order valence-corrected chi connectivity index (χ2v) is 7.02. The molecule has 0 saturated carbocycles. The van der Waals surface area contributed by atoms with E-state index in [1.165, 1.54) is 18.1 Å². The van der Waals surface area contributed by atoms with Crippen molar-refractivity contribution in [2.75, 3.05) is 32.6 Å². The average molecular weight is 524 g/mol. The summed E-state index contributed by atoms with van der Waals surface area (Å²) in [6.07, 6.45) is 1.89. The van der Waals surface area contributed by atoms with Gasteiger partial charge in [-0.15, -0.1) is 24.0 Å². The van der Waals surface area contributed by atoms with Crippen molar-refractivity contribution in [3.05, 3.63) is 59.7 Å². The summed E-state index contributed by atoms with van der Waals surface area (Å²) in [5, 5.41) is 9.50. The van der Waals surface area contributed by atoms with Gasteiger partial charge in [0.1, 0.15) is 5.75 Å². The normalized spacial score (nSPS) is 11.8. The number of aliphatic imine (C=N–C) groups is 1. The lowest BCUT2D eigenvalue weighted by molar-refractivity contribution is -0.114. The van der Waals surface area contributed by atoms with Crippen LogP contribution in [0.25, 0.3) is 0 Å². The number of hydrogen-bond donors (Lipinski definition) is 3. The summed E-state index contributed by atoms with van der Waals surface area (Å²) in [6, 6.07) is 16.1. The molecule has 7 heteroatoms. The van der Waals surface area contributed by atoms with Crippen LogP contribution in [0.15, 0.2) is 53.5 Å². The van der Waals surface area contributed by atoms with Crippen molar-refractivity contribution in [2.24, 2.45) is 4.99 Å². The van der Waals surface area contributed by atoms with E-state index in [1.54, 1.807) is 14.2 Å². The number of nitrogens with one attached hydrogen (secondary N) is 3. The highest BCUT2D eigenvalue weighted by Crippen LogP contribution is 2.21. The third-order valence-corrected chi connectivity index (χ3v) is 4.76. The molecule has 2 aromatic carbocycles. The molecule has 0 radical (unpaired) electrons. The molecular weight excluding hydrogens is 491 g/mol. The molecule has 0 heterocycles. The minimum Gasteiger partial charge on any atom is -0.497 e. The smallest absolute Gasteiger partial charge is 0.221 e. The van der Waals surface area contributed by atoms with Gasteiger partial charge in [-0.05, 0) is 54.2 Å². The molecule has 0 aliphatic heterocycles. The average Bonchev–Trinajstić information content (AvgIpc) is 2.73. The Kier molecular flexibility index (Phi) is 11.9. The van der Waals surface area contributed by atoms with Crippen LogP contribution in [0.3, 0.4) is 0 Å². The van der Waals surface area contributed by atoms with Crippen molar-refractivity contribution < 1.29 is 9.53 Å². The number of benzene rings is 2. The van der Waals surface area contributed by atoms with Crippen molar-refractivity contribution in [1.82, 2.24) is 10.6 Å². The van der Waals surface area contributed by atoms with Gasteiger partial charge in [0.2, 0.25) is 5.91 Å². The lowest BCUT2D eigenvalue weighted by Crippen LogP contribution is -2.39. The maximum absolute atomic E-state index is 11.1. The molecule has 0 saturated heterocycles. The van der Waals surface area contributed by atoms with E-state index in [1.807, 2.05) is 36.4 Å². The van der Waals surface area contributed by atoms with Crippen LogP contribution in [0.4, 0.5) is 5.69 Å². The first-order valence-electron chi connectivity index (χ1n) is 9.96. The zero-order valence-electron chi connectivity index (χ0n) is 18.2. The van der Waals surface area contributed by atoms with E-state index in [9.17, 15) is 4.79 Å². The van der Waals surface area contributed by atoms with Gasteiger partial charge in [-0.2, -0.15) is 0 Å². The number of amides is 1. The lowest BCUT2D eigenvalue weighted by atomic mass is 9.98. The van der Waals surface area contributed by atoms with Gasteiger partial charge in [0, 0.05) is 32.7 Å². The fourth-order valence-electron chi connectivity index (χ4n) is 3.01. The summed E-state index contributed by atoms with van der Waals surface area (Å²) in [6.45, 7) is 5.37. The molecule has 0 bridgehead atoms. The number of methoxy groups -OCH3 is 1. The number of carbonyl (C=O) groups is 1. The first-order chi connectivity index (χ1) is 14.0. The highest BCUT2D eigenvalue weighted by molar-refractivity contribution is 14.0. The second-order valence-electron chi connectivity index (χ2n) is 7.02. The van der Waals surface area contributed by atoms with E-state index >= 15 is 0 Å². The van der Waals surface area contributed by atoms with Crippen LogP contribution in [-0.2, 0) is 11.2 Å². The standard InChI is InChI=1S/C23H32N4O2.HI/c1-17(20-7-11-22(29-4)12-8-20)13-15-25-23(24-3)26-16-14-19-5-9-21(10-6-19)27-18(2)28;/h5-12,17H,13-16H2,1-4H3,(H,27,28)(H2,24,25,26);1H. The lowest BCUT2D eigenvalue weighted by Gasteiger charge is -2.15. The van der Waals surface area contributed by atoms with Crippen LogP contribution in [0.2, 0.25) is 0 Å². The van der Waals surface area contributed by atoms with Crippen molar-refractivity contribution >= 4 is 41.5 Å². The van der Waals surface area contributed by atoms with Crippen LogP contribution in [0.1, 0.15) is 37.3 Å². The summed E-state index contributed by atoms with van der Waals surface area (Å²) < 4.78 is 5.21. The summed E-state index contributed by atoms with van der Waals surface area (Å²) in [4.78, 5) is 15.4. The fraction of sp³-hybridized carbons (Fsp3) is 0.391. The van der Waals surface area contributed by atoms with Gasteiger partial charge in [-0.3, -0.25) is 9.79 Å². The number of carbonyl (C=O) groups excluding carboxylic acids is 1. The monoisotopic (exact) mass is 524 g/mol. The number of rotatable bonds is 9. The first kappa shape index (κ1) is 25.7. The van der Waals surface area contributed by atoms with E-state index in [-0.39, 0.29) is 29.9 Å². The van der Waals surface area contributed by atoms with Gasteiger partial charge >= 0.3 is 0 Å². The third-order valence-electron chi connectivity index (χ3n) is 4.76. The zero-order chi connectivity index (χ0) is 21.1. The van der Waals surface area contributed by atoms with Crippen molar-refractivity contribution in [2.45, 2.75) is 32.6 Å². The van der Waals surface area contributed by atoms with Gasteiger partial charge in [0.25, 0.3) is 0 Å². The Bertz CT molecular complexity index is 792. The molecule has 0 aromatic heterocycles. The Hall–Kier alpha value is -2.29. The van der Waals surface area contributed by atoms with Crippen LogP contribution in [0, 0.1) is 0 Å². The maximum Gasteiger partial charge on any atom is 0.221 e. The van der Waals surface area contributed by atoms with Crippen molar-refractivity contribution in [1.29, 1.82) is 0 Å². The van der Waals surface area contributed by atoms with Gasteiger partial charge in [0.05, 0.1) is 7.11 Å². The Morgan fingerprint density at radius 3 is 2.23 bits per heavy atom. The van der Waals surface area contributed by atoms with Crippen LogP contribution >= 0.6 is 24.0 Å². The van der Waals surface area contributed by atoms with Crippen molar-refractivity contribution in [3.8, 4) is 5.75 Å². The van der Waals surface area contributed by atoms with E-state index in [0.29, 0.717) is 5.92 Å². The Morgan fingerprint density at radius 2 is 1.67 bits per heavy atom. The topological polar surface area (TPSA) is 74.8 Å². The van der Waals surface area contributed by atoms with E-state index in [2.05, 4.69) is 40.0 Å². The van der Waals surface area contributed by atoms with Gasteiger partial charge in [0.15, 0.2) is 5.96 Å². The Labute approximate surface area is 196 Å². The molecule has 164 valence electrons. The molecule has 6 nitrogen and oxygen atoms in total. The number of hydrogen-bond acceptors (Lipinski definition) is 3. The molecule has 3 N–H and O–H groups in total. The largest absolute Gasteiger partial charge is 0.497 e. The molecule has 1 amide bonds. The number of guanidine groups is 1. The number of halogens is 1. The number of anilines is 1. The minimum absolute atomic E-state index is 0.